The van der Waals surface area contributed by atoms with E-state index in [0.29, 0.717) is 12.5 Å². The molecule has 0 aliphatic heterocycles. The molecule has 1 amide bonds. The molecule has 0 aliphatic carbocycles. The molecule has 0 heterocycles. The summed E-state index contributed by atoms with van der Waals surface area (Å²) in [5.41, 5.74) is 0. The zero-order valence-electron chi connectivity index (χ0n) is 15.1. The molecule has 25 heavy (non-hydrogen) atoms. The molecule has 0 radical (unpaired) electrons. The summed E-state index contributed by atoms with van der Waals surface area (Å²) < 4.78 is 28.0. The number of fused-ring (bicyclic) bond motifs is 1. The number of sulfonamides is 1. The van der Waals surface area contributed by atoms with Gasteiger partial charge in [-0.15, -0.1) is 0 Å². The van der Waals surface area contributed by atoms with Crippen LogP contribution in [-0.2, 0) is 14.8 Å². The minimum atomic E-state index is -3.79. The largest absolute Gasteiger partial charge is 0.354 e. The van der Waals surface area contributed by atoms with Crippen molar-refractivity contribution in [3.63, 3.8) is 0 Å². The van der Waals surface area contributed by atoms with Gasteiger partial charge in [0.05, 0.1) is 4.90 Å². The van der Waals surface area contributed by atoms with Crippen LogP contribution in [0.4, 0.5) is 0 Å². The molecule has 5 nitrogen and oxygen atoms in total. The maximum Gasteiger partial charge on any atom is 0.241 e. The number of carbonyl (C=O) groups excluding carboxylic acids is 1. The lowest BCUT2D eigenvalue weighted by molar-refractivity contribution is -0.123. The van der Waals surface area contributed by atoms with Crippen molar-refractivity contribution in [1.82, 2.24) is 10.0 Å². The lowest BCUT2D eigenvalue weighted by Crippen LogP contribution is -2.50. The minimum Gasteiger partial charge on any atom is -0.354 e. The second-order valence-electron chi connectivity index (χ2n) is 6.99. The van der Waals surface area contributed by atoms with Crippen molar-refractivity contribution in [2.24, 2.45) is 11.8 Å². The van der Waals surface area contributed by atoms with Gasteiger partial charge in [-0.05, 0) is 34.7 Å². The Hall–Kier alpha value is -1.92. The third-order valence-electron chi connectivity index (χ3n) is 3.95. The number of carbonyl (C=O) groups is 1. The molecule has 6 heteroatoms. The Bertz CT molecular complexity index is 845. The summed E-state index contributed by atoms with van der Waals surface area (Å²) in [5, 5.41) is 4.61. The molecule has 2 rings (SSSR count). The van der Waals surface area contributed by atoms with E-state index in [1.807, 2.05) is 52.0 Å². The first-order valence-electron chi connectivity index (χ1n) is 8.49. The van der Waals surface area contributed by atoms with Crippen molar-refractivity contribution in [1.29, 1.82) is 0 Å². The van der Waals surface area contributed by atoms with Gasteiger partial charge in [0.15, 0.2) is 0 Å². The fourth-order valence-electron chi connectivity index (χ4n) is 2.48. The Kier molecular flexibility index (Phi) is 6.19. The number of amides is 1. The van der Waals surface area contributed by atoms with E-state index in [4.69, 9.17) is 0 Å². The zero-order chi connectivity index (χ0) is 18.6. The van der Waals surface area contributed by atoms with Crippen LogP contribution in [0.1, 0.15) is 27.7 Å². The quantitative estimate of drug-likeness (QED) is 0.795. The summed E-state index contributed by atoms with van der Waals surface area (Å²) in [5.74, 6) is -0.163. The van der Waals surface area contributed by atoms with Crippen LogP contribution >= 0.6 is 0 Å². The van der Waals surface area contributed by atoms with Crippen molar-refractivity contribution in [3.05, 3.63) is 42.5 Å². The van der Waals surface area contributed by atoms with Crippen LogP contribution in [0.5, 0.6) is 0 Å². The highest BCUT2D eigenvalue weighted by Gasteiger charge is 2.28. The highest BCUT2D eigenvalue weighted by atomic mass is 32.2. The van der Waals surface area contributed by atoms with Crippen LogP contribution in [0.15, 0.2) is 47.4 Å². The fraction of sp³-hybridized carbons (Fsp3) is 0.421. The van der Waals surface area contributed by atoms with Gasteiger partial charge in [-0.3, -0.25) is 4.79 Å². The molecule has 0 saturated heterocycles. The van der Waals surface area contributed by atoms with Gasteiger partial charge in [0, 0.05) is 6.54 Å². The third-order valence-corrected chi connectivity index (χ3v) is 5.39. The molecule has 0 aliphatic rings. The highest BCUT2D eigenvalue weighted by molar-refractivity contribution is 7.89. The van der Waals surface area contributed by atoms with E-state index in [1.165, 1.54) is 0 Å². The van der Waals surface area contributed by atoms with Crippen LogP contribution in [0.3, 0.4) is 0 Å². The molecule has 0 fully saturated rings. The first kappa shape index (κ1) is 19.4. The Balaban J connectivity index is 2.25. The molecule has 0 spiro atoms. The molecule has 2 aromatic rings. The van der Waals surface area contributed by atoms with E-state index < -0.39 is 16.1 Å². The standard InChI is InChI=1S/C19H26N2O3S/c1-13(2)12-20-19(22)18(14(3)4)21-25(23,24)17-10-9-15-7-5-6-8-16(15)11-17/h5-11,13-14,18,21H,12H2,1-4H3,(H,20,22). The number of benzene rings is 2. The van der Waals surface area contributed by atoms with E-state index in [1.54, 1.807) is 18.2 Å². The molecule has 0 aromatic heterocycles. The lowest BCUT2D eigenvalue weighted by Gasteiger charge is -2.22. The second kappa shape index (κ2) is 7.97. The van der Waals surface area contributed by atoms with E-state index >= 15 is 0 Å². The average Bonchev–Trinajstić information content (AvgIpc) is 2.56. The van der Waals surface area contributed by atoms with Crippen molar-refractivity contribution < 1.29 is 13.2 Å². The number of rotatable bonds is 7. The highest BCUT2D eigenvalue weighted by Crippen LogP contribution is 2.19. The SMILES string of the molecule is CC(C)CNC(=O)C(NS(=O)(=O)c1ccc2ccccc2c1)C(C)C. The maximum absolute atomic E-state index is 12.7. The number of hydrogen-bond donors (Lipinski definition) is 2. The van der Waals surface area contributed by atoms with E-state index in [2.05, 4.69) is 10.0 Å². The summed E-state index contributed by atoms with van der Waals surface area (Å²) >= 11 is 0. The van der Waals surface area contributed by atoms with Gasteiger partial charge in [0.2, 0.25) is 15.9 Å². The first-order valence-corrected chi connectivity index (χ1v) is 9.98. The van der Waals surface area contributed by atoms with E-state index in [9.17, 15) is 13.2 Å². The Labute approximate surface area is 149 Å². The monoisotopic (exact) mass is 362 g/mol. The molecule has 2 N–H and O–H groups in total. The predicted molar refractivity (Wildman–Crippen MR) is 101 cm³/mol. The molecule has 2 aromatic carbocycles. The van der Waals surface area contributed by atoms with Crippen LogP contribution in [0, 0.1) is 11.8 Å². The van der Waals surface area contributed by atoms with Gasteiger partial charge in [0.1, 0.15) is 6.04 Å². The van der Waals surface area contributed by atoms with Gasteiger partial charge in [-0.2, -0.15) is 4.72 Å². The van der Waals surface area contributed by atoms with Crippen LogP contribution in [0.2, 0.25) is 0 Å². The summed E-state index contributed by atoms with van der Waals surface area (Å²) in [7, 11) is -3.79. The molecular formula is C19H26N2O3S. The van der Waals surface area contributed by atoms with E-state index in [0.717, 1.165) is 10.8 Å². The molecular weight excluding hydrogens is 336 g/mol. The third kappa shape index (κ3) is 5.03. The van der Waals surface area contributed by atoms with Gasteiger partial charge < -0.3 is 5.32 Å². The second-order valence-corrected chi connectivity index (χ2v) is 8.70. The van der Waals surface area contributed by atoms with Crippen LogP contribution in [-0.4, -0.2) is 26.9 Å². The first-order chi connectivity index (χ1) is 11.7. The van der Waals surface area contributed by atoms with Crippen LogP contribution < -0.4 is 10.0 Å². The average molecular weight is 362 g/mol. The van der Waals surface area contributed by atoms with Crippen molar-refractivity contribution >= 4 is 26.7 Å². The molecule has 1 atom stereocenters. The van der Waals surface area contributed by atoms with Crippen molar-refractivity contribution in [2.45, 2.75) is 38.6 Å². The molecule has 0 saturated carbocycles. The minimum absolute atomic E-state index is 0.161. The Morgan fingerprint density at radius 1 is 1.00 bits per heavy atom. The Morgan fingerprint density at radius 3 is 2.24 bits per heavy atom. The summed E-state index contributed by atoms with van der Waals surface area (Å²) in [6.07, 6.45) is 0. The van der Waals surface area contributed by atoms with Gasteiger partial charge in [0.25, 0.3) is 0 Å². The maximum atomic E-state index is 12.7. The summed E-state index contributed by atoms with van der Waals surface area (Å²) in [6, 6.07) is 11.7. The topological polar surface area (TPSA) is 75.3 Å². The molecule has 1 unspecified atom stereocenters. The lowest BCUT2D eigenvalue weighted by atomic mass is 10.0. The van der Waals surface area contributed by atoms with Gasteiger partial charge in [-0.25, -0.2) is 8.42 Å². The van der Waals surface area contributed by atoms with Gasteiger partial charge in [-0.1, -0.05) is 58.0 Å². The smallest absolute Gasteiger partial charge is 0.241 e. The Morgan fingerprint density at radius 2 is 1.64 bits per heavy atom. The normalized spacial score (nSPS) is 13.4. The molecule has 0 bridgehead atoms. The number of hydrogen-bond acceptors (Lipinski definition) is 3. The predicted octanol–water partition coefficient (Wildman–Crippen LogP) is 2.91. The van der Waals surface area contributed by atoms with Crippen molar-refractivity contribution in [3.8, 4) is 0 Å². The summed E-state index contributed by atoms with van der Waals surface area (Å²) in [6.45, 7) is 8.14. The fourth-order valence-corrected chi connectivity index (χ4v) is 3.86. The molecule has 136 valence electrons. The van der Waals surface area contributed by atoms with E-state index in [-0.39, 0.29) is 16.7 Å². The van der Waals surface area contributed by atoms with Crippen molar-refractivity contribution in [2.75, 3.05) is 6.54 Å². The summed E-state index contributed by atoms with van der Waals surface area (Å²) in [4.78, 5) is 12.5. The number of nitrogens with one attached hydrogen (secondary N) is 2. The zero-order valence-corrected chi connectivity index (χ0v) is 15.9. The van der Waals surface area contributed by atoms with Crippen LogP contribution in [0.25, 0.3) is 10.8 Å². The van der Waals surface area contributed by atoms with Gasteiger partial charge >= 0.3 is 0 Å².